The first kappa shape index (κ1) is 15.8. The van der Waals surface area contributed by atoms with Crippen LogP contribution in [0.15, 0.2) is 53.9 Å². The number of thiazole rings is 1. The third-order valence-electron chi connectivity index (χ3n) is 3.16. The quantitative estimate of drug-likeness (QED) is 0.631. The minimum atomic E-state index is -0.555. The molecule has 0 atom stereocenters. The number of nitrogens with one attached hydrogen (secondary N) is 1. The van der Waals surface area contributed by atoms with Crippen molar-refractivity contribution in [1.29, 1.82) is 0 Å². The SMILES string of the molecule is O=C(NCc1nc(-c2ccc(O)c(O)c2)cs1)Oc1ccccc1. The maximum atomic E-state index is 11.7. The standard InChI is InChI=1S/C17H14N2O4S/c20-14-7-6-11(8-15(14)21)13-10-24-16(19-13)9-18-17(22)23-12-4-2-1-3-5-12/h1-8,10,20-21H,9H2,(H,18,22). The van der Waals surface area contributed by atoms with Gasteiger partial charge in [0, 0.05) is 10.9 Å². The number of benzene rings is 2. The molecule has 122 valence electrons. The van der Waals surface area contributed by atoms with Gasteiger partial charge in [0.2, 0.25) is 0 Å². The van der Waals surface area contributed by atoms with Crippen LogP contribution < -0.4 is 10.1 Å². The van der Waals surface area contributed by atoms with Gasteiger partial charge in [-0.1, -0.05) is 18.2 Å². The van der Waals surface area contributed by atoms with E-state index in [1.807, 2.05) is 11.4 Å². The van der Waals surface area contributed by atoms with Gasteiger partial charge >= 0.3 is 6.09 Å². The molecule has 3 aromatic rings. The van der Waals surface area contributed by atoms with E-state index in [2.05, 4.69) is 10.3 Å². The highest BCUT2D eigenvalue weighted by Crippen LogP contribution is 2.30. The Morgan fingerprint density at radius 2 is 1.92 bits per heavy atom. The predicted octanol–water partition coefficient (Wildman–Crippen LogP) is 3.51. The van der Waals surface area contributed by atoms with Gasteiger partial charge in [-0.2, -0.15) is 0 Å². The number of hydrogen-bond donors (Lipinski definition) is 3. The number of rotatable bonds is 4. The van der Waals surface area contributed by atoms with E-state index in [9.17, 15) is 15.0 Å². The molecule has 2 aromatic carbocycles. The molecule has 1 heterocycles. The van der Waals surface area contributed by atoms with Gasteiger partial charge in [-0.3, -0.25) is 0 Å². The van der Waals surface area contributed by atoms with Crippen molar-refractivity contribution in [1.82, 2.24) is 10.3 Å². The van der Waals surface area contributed by atoms with Crippen LogP contribution in [0.4, 0.5) is 4.79 Å². The summed E-state index contributed by atoms with van der Waals surface area (Å²) in [6.07, 6.45) is -0.555. The summed E-state index contributed by atoms with van der Waals surface area (Å²) in [6, 6.07) is 13.3. The highest BCUT2D eigenvalue weighted by Gasteiger charge is 2.09. The number of amides is 1. The third kappa shape index (κ3) is 3.82. The maximum Gasteiger partial charge on any atom is 0.412 e. The van der Waals surface area contributed by atoms with Gasteiger partial charge in [0.05, 0.1) is 12.2 Å². The Balaban J connectivity index is 1.60. The molecule has 0 fully saturated rings. The van der Waals surface area contributed by atoms with Crippen molar-refractivity contribution in [2.75, 3.05) is 0 Å². The van der Waals surface area contributed by atoms with E-state index in [1.54, 1.807) is 30.3 Å². The minimum absolute atomic E-state index is 0.181. The number of hydrogen-bond acceptors (Lipinski definition) is 6. The first-order valence-electron chi connectivity index (χ1n) is 7.09. The molecular weight excluding hydrogens is 328 g/mol. The number of phenols is 2. The van der Waals surface area contributed by atoms with Gasteiger partial charge in [0.1, 0.15) is 10.8 Å². The summed E-state index contributed by atoms with van der Waals surface area (Å²) >= 11 is 1.38. The van der Waals surface area contributed by atoms with Crippen LogP contribution >= 0.6 is 11.3 Å². The number of nitrogens with zero attached hydrogens (tertiary/aromatic N) is 1. The lowest BCUT2D eigenvalue weighted by Gasteiger charge is -2.04. The van der Waals surface area contributed by atoms with E-state index >= 15 is 0 Å². The summed E-state index contributed by atoms with van der Waals surface area (Å²) in [7, 11) is 0. The lowest BCUT2D eigenvalue weighted by Crippen LogP contribution is -2.26. The van der Waals surface area contributed by atoms with Crippen LogP contribution in [-0.4, -0.2) is 21.3 Å². The topological polar surface area (TPSA) is 91.7 Å². The van der Waals surface area contributed by atoms with Crippen molar-refractivity contribution in [3.63, 3.8) is 0 Å². The van der Waals surface area contributed by atoms with Crippen LogP contribution in [0.25, 0.3) is 11.3 Å². The smallest absolute Gasteiger partial charge is 0.412 e. The van der Waals surface area contributed by atoms with Crippen LogP contribution in [0.1, 0.15) is 5.01 Å². The monoisotopic (exact) mass is 342 g/mol. The molecular formula is C17H14N2O4S. The second-order valence-corrected chi connectivity index (χ2v) is 5.83. The van der Waals surface area contributed by atoms with Gasteiger partial charge in [-0.15, -0.1) is 11.3 Å². The number of carbonyl (C=O) groups is 1. The third-order valence-corrected chi connectivity index (χ3v) is 4.01. The molecule has 0 saturated carbocycles. The van der Waals surface area contributed by atoms with Crippen molar-refractivity contribution < 1.29 is 19.7 Å². The Bertz CT molecular complexity index is 849. The fourth-order valence-electron chi connectivity index (χ4n) is 1.99. The minimum Gasteiger partial charge on any atom is -0.504 e. The van der Waals surface area contributed by atoms with Gasteiger partial charge in [0.15, 0.2) is 11.5 Å². The zero-order chi connectivity index (χ0) is 16.9. The molecule has 1 aromatic heterocycles. The summed E-state index contributed by atoms with van der Waals surface area (Å²) in [4.78, 5) is 16.1. The highest BCUT2D eigenvalue weighted by molar-refractivity contribution is 7.09. The van der Waals surface area contributed by atoms with E-state index in [1.165, 1.54) is 23.5 Å². The molecule has 0 unspecified atom stereocenters. The number of phenolic OH excluding ortho intramolecular Hbond substituents is 2. The highest BCUT2D eigenvalue weighted by atomic mass is 32.1. The Morgan fingerprint density at radius 1 is 1.12 bits per heavy atom. The Hall–Kier alpha value is -3.06. The first-order chi connectivity index (χ1) is 11.6. The first-order valence-corrected chi connectivity index (χ1v) is 7.97. The van der Waals surface area contributed by atoms with Crippen molar-refractivity contribution in [3.8, 4) is 28.5 Å². The van der Waals surface area contributed by atoms with E-state index in [4.69, 9.17) is 4.74 Å². The molecule has 0 aliphatic carbocycles. The zero-order valence-electron chi connectivity index (χ0n) is 12.5. The molecule has 3 rings (SSSR count). The number of carbonyl (C=O) groups excluding carboxylic acids is 1. The molecule has 0 aliphatic rings. The molecule has 7 heteroatoms. The number of aromatic nitrogens is 1. The van der Waals surface area contributed by atoms with Gasteiger partial charge in [0.25, 0.3) is 0 Å². The van der Waals surface area contributed by atoms with Crippen LogP contribution in [0.5, 0.6) is 17.2 Å². The molecule has 0 aliphatic heterocycles. The summed E-state index contributed by atoms with van der Waals surface area (Å²) in [5.41, 5.74) is 1.34. The molecule has 24 heavy (non-hydrogen) atoms. The lowest BCUT2D eigenvalue weighted by atomic mass is 10.1. The molecule has 0 bridgehead atoms. The Labute approximate surface area is 142 Å². The fraction of sp³-hybridized carbons (Fsp3) is 0.0588. The van der Waals surface area contributed by atoms with Crippen molar-refractivity contribution in [3.05, 3.63) is 58.9 Å². The van der Waals surface area contributed by atoms with Crippen molar-refractivity contribution in [2.45, 2.75) is 6.54 Å². The van der Waals surface area contributed by atoms with Crippen LogP contribution in [0, 0.1) is 0 Å². The second-order valence-electron chi connectivity index (χ2n) is 4.89. The van der Waals surface area contributed by atoms with Gasteiger partial charge in [-0.05, 0) is 30.3 Å². The Morgan fingerprint density at radius 3 is 2.67 bits per heavy atom. The molecule has 0 saturated heterocycles. The summed E-state index contributed by atoms with van der Waals surface area (Å²) in [5.74, 6) is 0.0838. The second kappa shape index (κ2) is 7.01. The van der Waals surface area contributed by atoms with Gasteiger partial charge < -0.3 is 20.3 Å². The van der Waals surface area contributed by atoms with Crippen molar-refractivity contribution >= 4 is 17.4 Å². The van der Waals surface area contributed by atoms with E-state index in [0.29, 0.717) is 22.0 Å². The number of aromatic hydroxyl groups is 2. The molecule has 3 N–H and O–H groups in total. The fourth-order valence-corrected chi connectivity index (χ4v) is 2.73. The maximum absolute atomic E-state index is 11.7. The predicted molar refractivity (Wildman–Crippen MR) is 90.2 cm³/mol. The van der Waals surface area contributed by atoms with E-state index in [-0.39, 0.29) is 18.0 Å². The van der Waals surface area contributed by atoms with E-state index in [0.717, 1.165) is 0 Å². The van der Waals surface area contributed by atoms with Gasteiger partial charge in [-0.25, -0.2) is 9.78 Å². The summed E-state index contributed by atoms with van der Waals surface area (Å²) in [6.45, 7) is 0.237. The zero-order valence-corrected chi connectivity index (χ0v) is 13.3. The average Bonchev–Trinajstić information content (AvgIpc) is 3.05. The largest absolute Gasteiger partial charge is 0.504 e. The number of ether oxygens (including phenoxy) is 1. The molecule has 0 radical (unpaired) electrons. The lowest BCUT2D eigenvalue weighted by molar-refractivity contribution is 0.200. The van der Waals surface area contributed by atoms with Crippen LogP contribution in [0.2, 0.25) is 0 Å². The van der Waals surface area contributed by atoms with Crippen LogP contribution in [0.3, 0.4) is 0 Å². The van der Waals surface area contributed by atoms with Crippen molar-refractivity contribution in [2.24, 2.45) is 0 Å². The summed E-state index contributed by atoms with van der Waals surface area (Å²) in [5, 5.41) is 24.0. The summed E-state index contributed by atoms with van der Waals surface area (Å²) < 4.78 is 5.12. The Kier molecular flexibility index (Phi) is 4.62. The van der Waals surface area contributed by atoms with Crippen LogP contribution in [-0.2, 0) is 6.54 Å². The van der Waals surface area contributed by atoms with E-state index < -0.39 is 6.09 Å². The number of para-hydroxylation sites is 1. The average molecular weight is 342 g/mol. The normalized spacial score (nSPS) is 10.3. The molecule has 0 spiro atoms. The molecule has 1 amide bonds. The molecule has 6 nitrogen and oxygen atoms in total.